The average molecular weight is 436 g/mol. The number of fused-ring (bicyclic) bond motifs is 5. The third-order valence-corrected chi connectivity index (χ3v) is 10.7. The Balaban J connectivity index is 1.61. The van der Waals surface area contributed by atoms with Crippen molar-refractivity contribution in [1.82, 2.24) is 0 Å². The number of hydrogen-bond donors (Lipinski definition) is 2. The third-order valence-electron chi connectivity index (χ3n) is 10.7. The minimum Gasteiger partial charge on any atom is -0.469 e. The maximum Gasteiger partial charge on any atom is 0.305 e. The Labute approximate surface area is 186 Å². The summed E-state index contributed by atoms with van der Waals surface area (Å²) in [6, 6.07) is -0.214. The predicted molar refractivity (Wildman–Crippen MR) is 118 cm³/mol. The molecule has 0 heterocycles. The van der Waals surface area contributed by atoms with Gasteiger partial charge in [-0.05, 0) is 97.7 Å². The van der Waals surface area contributed by atoms with E-state index in [0.717, 1.165) is 51.4 Å². The van der Waals surface area contributed by atoms with Crippen LogP contribution in [0.3, 0.4) is 0 Å². The maximum absolute atomic E-state index is 12.0. The van der Waals surface area contributed by atoms with Gasteiger partial charge >= 0.3 is 5.97 Å². The molecule has 4 rings (SSSR count). The van der Waals surface area contributed by atoms with Gasteiger partial charge in [-0.2, -0.15) is 4.91 Å². The number of aliphatic hydroxyl groups excluding tert-OH is 2. The summed E-state index contributed by atoms with van der Waals surface area (Å²) >= 11 is 0. The van der Waals surface area contributed by atoms with E-state index in [0.29, 0.717) is 36.0 Å². The summed E-state index contributed by atoms with van der Waals surface area (Å²) in [5, 5.41) is 25.5. The second-order valence-electron chi connectivity index (χ2n) is 11.7. The first-order valence-corrected chi connectivity index (χ1v) is 12.4. The molecule has 0 saturated heterocycles. The van der Waals surface area contributed by atoms with Crippen LogP contribution in [0.4, 0.5) is 0 Å². The van der Waals surface area contributed by atoms with Crippen LogP contribution in [0.5, 0.6) is 0 Å². The number of nitroso groups, excluding NO2 is 1. The summed E-state index contributed by atoms with van der Waals surface area (Å²) in [6.07, 6.45) is 6.64. The van der Waals surface area contributed by atoms with Crippen molar-refractivity contribution in [2.24, 2.45) is 51.5 Å². The Bertz CT molecular complexity index is 699. The summed E-state index contributed by atoms with van der Waals surface area (Å²) < 4.78 is 4.83. The smallest absolute Gasteiger partial charge is 0.305 e. The van der Waals surface area contributed by atoms with E-state index in [1.165, 1.54) is 7.11 Å². The number of hydrogen-bond acceptors (Lipinski definition) is 6. The van der Waals surface area contributed by atoms with Gasteiger partial charge in [-0.3, -0.25) is 4.79 Å². The Hall–Kier alpha value is -1.01. The van der Waals surface area contributed by atoms with Crippen LogP contribution in [-0.2, 0) is 9.53 Å². The lowest BCUT2D eigenvalue weighted by molar-refractivity contribution is -0.180. The Kier molecular flexibility index (Phi) is 6.28. The number of esters is 1. The van der Waals surface area contributed by atoms with Crippen LogP contribution in [0.25, 0.3) is 0 Å². The predicted octanol–water partition coefficient (Wildman–Crippen LogP) is 4.31. The molecule has 0 amide bonds. The molecule has 4 fully saturated rings. The van der Waals surface area contributed by atoms with Crippen molar-refractivity contribution < 1.29 is 19.7 Å². The van der Waals surface area contributed by atoms with Crippen molar-refractivity contribution in [1.29, 1.82) is 0 Å². The van der Waals surface area contributed by atoms with E-state index in [9.17, 15) is 19.9 Å². The van der Waals surface area contributed by atoms with Crippen molar-refractivity contribution in [2.75, 3.05) is 7.11 Å². The van der Waals surface area contributed by atoms with Gasteiger partial charge in [0.25, 0.3) is 0 Å². The summed E-state index contributed by atoms with van der Waals surface area (Å²) in [6.45, 7) is 6.80. The minimum atomic E-state index is -0.401. The molecule has 4 saturated carbocycles. The van der Waals surface area contributed by atoms with Gasteiger partial charge in [-0.15, -0.1) is 0 Å². The number of carbonyl (C=O) groups is 1. The monoisotopic (exact) mass is 435 g/mol. The molecule has 31 heavy (non-hydrogen) atoms. The molecule has 11 atom stereocenters. The molecule has 176 valence electrons. The van der Waals surface area contributed by atoms with Gasteiger partial charge in [0.2, 0.25) is 0 Å². The quantitative estimate of drug-likeness (QED) is 0.495. The van der Waals surface area contributed by atoms with Crippen molar-refractivity contribution in [3.8, 4) is 0 Å². The number of aliphatic hydroxyl groups is 2. The topological polar surface area (TPSA) is 96.2 Å². The Morgan fingerprint density at radius 1 is 1.13 bits per heavy atom. The van der Waals surface area contributed by atoms with Gasteiger partial charge < -0.3 is 14.9 Å². The van der Waals surface area contributed by atoms with E-state index < -0.39 is 6.10 Å². The largest absolute Gasteiger partial charge is 0.469 e. The van der Waals surface area contributed by atoms with Crippen LogP contribution >= 0.6 is 0 Å². The molecule has 0 bridgehead atoms. The molecule has 2 N–H and O–H groups in total. The zero-order chi connectivity index (χ0) is 22.6. The van der Waals surface area contributed by atoms with Gasteiger partial charge in [-0.1, -0.05) is 25.9 Å². The number of ether oxygens (including phenoxy) is 1. The fraction of sp³-hybridized carbons (Fsp3) is 0.960. The van der Waals surface area contributed by atoms with E-state index in [2.05, 4.69) is 25.9 Å². The highest BCUT2D eigenvalue weighted by atomic mass is 16.5. The van der Waals surface area contributed by atoms with Crippen LogP contribution in [0.15, 0.2) is 5.18 Å². The van der Waals surface area contributed by atoms with Gasteiger partial charge in [0.15, 0.2) is 0 Å². The first-order chi connectivity index (χ1) is 14.7. The van der Waals surface area contributed by atoms with Gasteiger partial charge in [0, 0.05) is 6.42 Å². The normalized spacial score (nSPS) is 50.0. The molecule has 0 aromatic rings. The lowest BCUT2D eigenvalue weighted by Gasteiger charge is -2.63. The highest BCUT2D eigenvalue weighted by Crippen LogP contribution is 2.68. The van der Waals surface area contributed by atoms with Crippen molar-refractivity contribution >= 4 is 5.97 Å². The van der Waals surface area contributed by atoms with Crippen LogP contribution < -0.4 is 0 Å². The molecule has 0 aromatic carbocycles. The van der Waals surface area contributed by atoms with E-state index in [4.69, 9.17) is 4.74 Å². The van der Waals surface area contributed by atoms with Gasteiger partial charge in [0.1, 0.15) is 0 Å². The first kappa shape index (κ1) is 23.2. The Morgan fingerprint density at radius 3 is 2.55 bits per heavy atom. The van der Waals surface area contributed by atoms with Crippen LogP contribution in [0, 0.1) is 51.2 Å². The van der Waals surface area contributed by atoms with Crippen molar-refractivity contribution in [3.63, 3.8) is 0 Å². The molecule has 4 aliphatic rings. The summed E-state index contributed by atoms with van der Waals surface area (Å²) in [4.78, 5) is 23.7. The fourth-order valence-electron chi connectivity index (χ4n) is 8.89. The second-order valence-corrected chi connectivity index (χ2v) is 11.7. The van der Waals surface area contributed by atoms with Crippen molar-refractivity contribution in [3.05, 3.63) is 4.91 Å². The SMILES string of the molecule is COC(=O)CCC(C)C1CCC2C3C(C[C@H](O)C12C)[C@@]1(C)CC[C@@H](O)CC1C[C@H]3N=O. The van der Waals surface area contributed by atoms with Gasteiger partial charge in [-0.25, -0.2) is 0 Å². The number of methoxy groups -OCH3 is 1. The van der Waals surface area contributed by atoms with Crippen molar-refractivity contribution in [2.45, 2.75) is 96.8 Å². The van der Waals surface area contributed by atoms with Crippen LogP contribution in [0.2, 0.25) is 0 Å². The molecule has 0 aliphatic heterocycles. The average Bonchev–Trinajstić information content (AvgIpc) is 3.11. The molecular formula is C25H41NO5. The molecule has 6 heteroatoms. The summed E-state index contributed by atoms with van der Waals surface area (Å²) in [7, 11) is 1.43. The zero-order valence-electron chi connectivity index (χ0n) is 19.6. The minimum absolute atomic E-state index is 0.0714. The lowest BCUT2D eigenvalue weighted by atomic mass is 9.42. The van der Waals surface area contributed by atoms with E-state index >= 15 is 0 Å². The molecule has 4 aliphatic carbocycles. The molecule has 0 radical (unpaired) electrons. The molecule has 7 unspecified atom stereocenters. The van der Waals surface area contributed by atoms with Crippen LogP contribution in [0.1, 0.15) is 78.6 Å². The third kappa shape index (κ3) is 3.56. The molecule has 0 aromatic heterocycles. The number of carbonyl (C=O) groups excluding carboxylic acids is 1. The zero-order valence-corrected chi connectivity index (χ0v) is 19.6. The Morgan fingerprint density at radius 2 is 1.87 bits per heavy atom. The molecule has 6 nitrogen and oxygen atoms in total. The summed E-state index contributed by atoms with van der Waals surface area (Å²) in [5.41, 5.74) is -0.168. The number of rotatable bonds is 5. The standard InChI is InChI=1S/C25H41NO5/c1-14(5-8-22(29)31-4)17-6-7-18-23-19(13-21(28)25(17,18)3)24(2)10-9-16(27)11-15(24)12-20(23)26-30/h14-21,23,27-28H,5-13H2,1-4H3/t14?,15?,16-,17?,18?,19?,20-,21+,23?,24+,25?/m1/s1. The van der Waals surface area contributed by atoms with Crippen LogP contribution in [-0.4, -0.2) is 41.5 Å². The first-order valence-electron chi connectivity index (χ1n) is 12.4. The maximum atomic E-state index is 12.0. The molecule has 0 spiro atoms. The highest BCUT2D eigenvalue weighted by Gasteiger charge is 2.66. The second kappa shape index (κ2) is 8.40. The fourth-order valence-corrected chi connectivity index (χ4v) is 8.89. The lowest BCUT2D eigenvalue weighted by Crippen LogP contribution is -2.62. The van der Waals surface area contributed by atoms with E-state index in [1.54, 1.807) is 0 Å². The van der Waals surface area contributed by atoms with E-state index in [-0.39, 0.29) is 34.9 Å². The van der Waals surface area contributed by atoms with E-state index in [1.807, 2.05) is 0 Å². The summed E-state index contributed by atoms with van der Waals surface area (Å²) in [5.74, 6) is 1.60. The number of nitrogens with zero attached hydrogens (tertiary/aromatic N) is 1. The molecular weight excluding hydrogens is 394 g/mol. The van der Waals surface area contributed by atoms with Gasteiger partial charge in [0.05, 0.1) is 25.4 Å². The highest BCUT2D eigenvalue weighted by molar-refractivity contribution is 5.69.